The number of hydrogen-bond acceptors (Lipinski definition) is 8. The van der Waals surface area contributed by atoms with Crippen molar-refractivity contribution in [3.05, 3.63) is 61.2 Å². The standard InChI is InChI=1S/C21H23N9O2/c1-3-18(31)29-11-8-16(13-29)28(2)17-12-23-19(20(22)32)21(27-17)26-14-4-6-15(7-5-14)30-24-9-10-25-30/h3-7,9-10,12,16H,1,8,11,13H2,2H3,(H2,22,32)(H,26,27). The zero-order chi connectivity index (χ0) is 22.7. The summed E-state index contributed by atoms with van der Waals surface area (Å²) in [4.78, 5) is 37.8. The number of amides is 2. The molecule has 32 heavy (non-hydrogen) atoms. The number of nitrogens with two attached hydrogens (primary N) is 1. The van der Waals surface area contributed by atoms with E-state index < -0.39 is 5.91 Å². The fourth-order valence-corrected chi connectivity index (χ4v) is 3.56. The normalized spacial score (nSPS) is 15.4. The minimum absolute atomic E-state index is 0.0369. The van der Waals surface area contributed by atoms with E-state index in [1.165, 1.54) is 17.1 Å². The molecule has 0 aliphatic carbocycles. The Morgan fingerprint density at radius 1 is 1.25 bits per heavy atom. The fraction of sp³-hybridized carbons (Fsp3) is 0.238. The monoisotopic (exact) mass is 433 g/mol. The van der Waals surface area contributed by atoms with Crippen molar-refractivity contribution in [2.24, 2.45) is 5.73 Å². The third-order valence-corrected chi connectivity index (χ3v) is 5.33. The summed E-state index contributed by atoms with van der Waals surface area (Å²) in [5.74, 6) is 0.0407. The van der Waals surface area contributed by atoms with Crippen LogP contribution in [0.5, 0.6) is 0 Å². The summed E-state index contributed by atoms with van der Waals surface area (Å²) in [7, 11) is 1.89. The highest BCUT2D eigenvalue weighted by atomic mass is 16.2. The smallest absolute Gasteiger partial charge is 0.271 e. The van der Waals surface area contributed by atoms with E-state index in [9.17, 15) is 9.59 Å². The highest BCUT2D eigenvalue weighted by Gasteiger charge is 2.29. The lowest BCUT2D eigenvalue weighted by Crippen LogP contribution is -2.36. The van der Waals surface area contributed by atoms with E-state index in [0.717, 1.165) is 12.1 Å². The van der Waals surface area contributed by atoms with E-state index in [4.69, 9.17) is 5.73 Å². The first-order valence-electron chi connectivity index (χ1n) is 10.0. The Labute approximate surface area is 184 Å². The van der Waals surface area contributed by atoms with Crippen LogP contribution in [-0.2, 0) is 4.79 Å². The van der Waals surface area contributed by atoms with Crippen LogP contribution >= 0.6 is 0 Å². The third-order valence-electron chi connectivity index (χ3n) is 5.33. The van der Waals surface area contributed by atoms with Crippen molar-refractivity contribution in [3.8, 4) is 5.69 Å². The molecule has 4 rings (SSSR count). The van der Waals surface area contributed by atoms with Gasteiger partial charge in [0.05, 0.1) is 24.3 Å². The van der Waals surface area contributed by atoms with Crippen molar-refractivity contribution in [1.82, 2.24) is 29.9 Å². The van der Waals surface area contributed by atoms with Crippen LogP contribution in [0.25, 0.3) is 5.69 Å². The first-order chi connectivity index (χ1) is 15.5. The molecule has 3 aromatic rings. The lowest BCUT2D eigenvalue weighted by molar-refractivity contribution is -0.125. The van der Waals surface area contributed by atoms with Gasteiger partial charge in [-0.15, -0.1) is 0 Å². The average molecular weight is 433 g/mol. The highest BCUT2D eigenvalue weighted by molar-refractivity contribution is 5.96. The second kappa shape index (κ2) is 8.84. The van der Waals surface area contributed by atoms with Crippen LogP contribution in [-0.4, -0.2) is 67.9 Å². The molecule has 0 bridgehead atoms. The number of nitrogens with one attached hydrogen (secondary N) is 1. The Morgan fingerprint density at radius 3 is 2.62 bits per heavy atom. The Morgan fingerprint density at radius 2 is 1.97 bits per heavy atom. The van der Waals surface area contributed by atoms with E-state index >= 15 is 0 Å². The van der Waals surface area contributed by atoms with E-state index in [0.29, 0.717) is 24.6 Å². The molecular formula is C21H23N9O2. The van der Waals surface area contributed by atoms with Crippen molar-refractivity contribution < 1.29 is 9.59 Å². The van der Waals surface area contributed by atoms with Crippen molar-refractivity contribution in [3.63, 3.8) is 0 Å². The van der Waals surface area contributed by atoms with Gasteiger partial charge in [0, 0.05) is 31.9 Å². The lowest BCUT2D eigenvalue weighted by Gasteiger charge is -2.26. The van der Waals surface area contributed by atoms with Gasteiger partial charge >= 0.3 is 0 Å². The molecule has 1 aliphatic rings. The summed E-state index contributed by atoms with van der Waals surface area (Å²) in [5.41, 5.74) is 7.02. The van der Waals surface area contributed by atoms with E-state index in [-0.39, 0.29) is 23.5 Å². The largest absolute Gasteiger partial charge is 0.364 e. The molecule has 11 heteroatoms. The Kier molecular flexibility index (Phi) is 5.79. The number of aromatic nitrogens is 5. The van der Waals surface area contributed by atoms with Crippen LogP contribution in [0.2, 0.25) is 0 Å². The van der Waals surface area contributed by atoms with Gasteiger partial charge in [-0.05, 0) is 36.8 Å². The minimum atomic E-state index is -0.685. The fourth-order valence-electron chi connectivity index (χ4n) is 3.56. The molecule has 1 atom stereocenters. The van der Waals surface area contributed by atoms with Gasteiger partial charge in [-0.25, -0.2) is 9.97 Å². The summed E-state index contributed by atoms with van der Waals surface area (Å²) in [6.45, 7) is 4.75. The molecule has 0 radical (unpaired) electrons. The predicted octanol–water partition coefficient (Wildman–Crippen LogP) is 1.12. The zero-order valence-corrected chi connectivity index (χ0v) is 17.5. The third kappa shape index (κ3) is 4.26. The molecule has 0 spiro atoms. The number of rotatable bonds is 7. The summed E-state index contributed by atoms with van der Waals surface area (Å²) in [5, 5.41) is 11.3. The van der Waals surface area contributed by atoms with Crippen LogP contribution in [0.15, 0.2) is 55.5 Å². The summed E-state index contributed by atoms with van der Waals surface area (Å²) < 4.78 is 0. The second-order valence-corrected chi connectivity index (χ2v) is 7.32. The Balaban J connectivity index is 1.55. The molecular weight excluding hydrogens is 410 g/mol. The van der Waals surface area contributed by atoms with Crippen LogP contribution < -0.4 is 16.0 Å². The van der Waals surface area contributed by atoms with Gasteiger partial charge in [0.25, 0.3) is 5.91 Å². The number of likely N-dealkylation sites (tertiary alicyclic amines) is 1. The first kappa shape index (κ1) is 21.0. The number of carbonyl (C=O) groups is 2. The van der Waals surface area contributed by atoms with Crippen molar-refractivity contribution in [1.29, 1.82) is 0 Å². The average Bonchev–Trinajstić information content (AvgIpc) is 3.51. The lowest BCUT2D eigenvalue weighted by atomic mass is 10.2. The first-order valence-corrected chi connectivity index (χ1v) is 10.0. The summed E-state index contributed by atoms with van der Waals surface area (Å²) in [6.07, 6.45) is 6.82. The number of carbonyl (C=O) groups excluding carboxylic acids is 2. The van der Waals surface area contributed by atoms with Crippen LogP contribution in [0.3, 0.4) is 0 Å². The predicted molar refractivity (Wildman–Crippen MR) is 119 cm³/mol. The molecule has 1 aliphatic heterocycles. The number of primary amides is 1. The maximum atomic E-state index is 11.9. The van der Waals surface area contributed by atoms with Gasteiger partial charge in [0.1, 0.15) is 5.82 Å². The molecule has 1 fully saturated rings. The topological polar surface area (TPSA) is 135 Å². The maximum Gasteiger partial charge on any atom is 0.271 e. The van der Waals surface area contributed by atoms with Crippen LogP contribution in [0.1, 0.15) is 16.9 Å². The van der Waals surface area contributed by atoms with Gasteiger partial charge in [-0.3, -0.25) is 9.59 Å². The molecule has 2 amide bonds. The van der Waals surface area contributed by atoms with Crippen molar-refractivity contribution >= 4 is 29.1 Å². The molecule has 164 valence electrons. The van der Waals surface area contributed by atoms with Gasteiger partial charge in [-0.1, -0.05) is 6.58 Å². The van der Waals surface area contributed by atoms with Crippen molar-refractivity contribution in [2.45, 2.75) is 12.5 Å². The molecule has 0 saturated carbocycles. The molecule has 1 aromatic carbocycles. The van der Waals surface area contributed by atoms with Gasteiger partial charge in [-0.2, -0.15) is 15.0 Å². The number of likely N-dealkylation sites (N-methyl/N-ethyl adjacent to an activating group) is 1. The van der Waals surface area contributed by atoms with Crippen molar-refractivity contribution in [2.75, 3.05) is 30.4 Å². The van der Waals surface area contributed by atoms with Crippen LogP contribution in [0.4, 0.5) is 17.3 Å². The quantitative estimate of drug-likeness (QED) is 0.529. The van der Waals surface area contributed by atoms with E-state index in [2.05, 4.69) is 32.1 Å². The minimum Gasteiger partial charge on any atom is -0.364 e. The maximum absolute atomic E-state index is 11.9. The van der Waals surface area contributed by atoms with E-state index in [1.54, 1.807) is 17.3 Å². The molecule has 2 aromatic heterocycles. The summed E-state index contributed by atoms with van der Waals surface area (Å²) in [6, 6.07) is 7.37. The summed E-state index contributed by atoms with van der Waals surface area (Å²) >= 11 is 0. The Bertz CT molecular complexity index is 1130. The number of hydrogen-bond donors (Lipinski definition) is 2. The highest BCUT2D eigenvalue weighted by Crippen LogP contribution is 2.24. The SMILES string of the molecule is C=CC(=O)N1CCC(N(C)c2cnc(C(N)=O)c(Nc3ccc(-n4nccn4)cc3)n2)C1. The number of benzene rings is 1. The molecule has 3 heterocycles. The zero-order valence-electron chi connectivity index (χ0n) is 17.5. The Hall–Kier alpha value is -4.28. The van der Waals surface area contributed by atoms with E-state index in [1.807, 2.05) is 36.2 Å². The molecule has 3 N–H and O–H groups in total. The number of nitrogens with zero attached hydrogens (tertiary/aromatic N) is 7. The van der Waals surface area contributed by atoms with Gasteiger partial charge in [0.15, 0.2) is 11.5 Å². The second-order valence-electron chi connectivity index (χ2n) is 7.32. The molecule has 11 nitrogen and oxygen atoms in total. The molecule has 1 unspecified atom stereocenters. The van der Waals surface area contributed by atoms with Gasteiger partial charge in [0.2, 0.25) is 5.91 Å². The van der Waals surface area contributed by atoms with Gasteiger partial charge < -0.3 is 20.9 Å². The number of anilines is 3. The van der Waals surface area contributed by atoms with Crippen LogP contribution in [0, 0.1) is 0 Å². The molecule has 1 saturated heterocycles.